The third-order valence-corrected chi connectivity index (χ3v) is 13.5. The van der Waals surface area contributed by atoms with E-state index in [1.165, 1.54) is 40.3 Å². The largest absolute Gasteiger partial charge is 0.507 e. The number of ether oxygens (including phenoxy) is 2. The highest BCUT2D eigenvalue weighted by Gasteiger charge is 2.69. The number of alkyl halides is 3. The van der Waals surface area contributed by atoms with Gasteiger partial charge in [-0.15, -0.1) is 6.58 Å². The maximum atomic E-state index is 15.5. The number of phenols is 1. The lowest BCUT2D eigenvalue weighted by Crippen LogP contribution is -2.53. The number of hydrogen-bond donors (Lipinski definition) is 2. The Morgan fingerprint density at radius 3 is 2.39 bits per heavy atom. The standard InChI is InChI=1S/C46H39Cl2F3N8O8/c1-5-7-23-8-6-9-28(38(23)60)37-27-14-17-57-43(64)56(16-15-31-41(62)55(2)34-21-36(67-4)35(66-3)20-32(34)53-31)44(65)59(57)33(27)19-29-40(61)58(42(63)45(29,37)24-10-12-26(47)13-11-24)54-39-30(48)18-25(22-52-39)46(49,50)51/h5-6,8-14,18,20-22,29,33,37,60H,1,7,15-17,19H2,2-4H3,(H,52,54). The van der Waals surface area contributed by atoms with Gasteiger partial charge in [0.05, 0.1) is 59.8 Å². The van der Waals surface area contributed by atoms with Crippen molar-refractivity contribution in [3.8, 4) is 17.2 Å². The smallest absolute Gasteiger partial charge is 0.417 e. The first kappa shape index (κ1) is 45.1. The Bertz CT molecular complexity index is 3290. The van der Waals surface area contributed by atoms with E-state index in [0.717, 1.165) is 4.57 Å². The Kier molecular flexibility index (Phi) is 11.2. The molecule has 6 aromatic rings. The van der Waals surface area contributed by atoms with E-state index in [9.17, 15) is 32.7 Å². The molecule has 16 nitrogen and oxygen atoms in total. The molecule has 67 heavy (non-hydrogen) atoms. The number of pyridine rings is 1. The highest BCUT2D eigenvalue weighted by Crippen LogP contribution is 2.63. The average Bonchev–Trinajstić information content (AvgIpc) is 3.67. The zero-order valence-corrected chi connectivity index (χ0v) is 37.3. The SMILES string of the molecule is C=CCc1cccc(C2C3=CCn4c(=O)n(CCc5nc6cc(OC)c(OC)cc6n(C)c5=O)c(=O)n4C3CC3C(=O)N(Nc4ncc(C(F)(F)F)cc4Cl)C(=O)C32c2ccc(Cl)cc2)c1O. The average molecular weight is 960 g/mol. The third kappa shape index (κ3) is 7.01. The van der Waals surface area contributed by atoms with Crippen LogP contribution in [0.4, 0.5) is 19.0 Å². The van der Waals surface area contributed by atoms with E-state index in [0.29, 0.717) is 61.5 Å². The van der Waals surface area contributed by atoms with Crippen molar-refractivity contribution in [1.29, 1.82) is 0 Å². The van der Waals surface area contributed by atoms with E-state index in [2.05, 4.69) is 22.0 Å². The van der Waals surface area contributed by atoms with Crippen LogP contribution in [0.5, 0.6) is 17.2 Å². The van der Waals surface area contributed by atoms with Gasteiger partial charge in [-0.05, 0) is 47.7 Å². The first-order valence-electron chi connectivity index (χ1n) is 20.7. The number of phenolic OH excluding ortho intramolecular Hbond substituents is 1. The van der Waals surface area contributed by atoms with E-state index in [1.807, 2.05) is 0 Å². The van der Waals surface area contributed by atoms with Crippen LogP contribution in [-0.2, 0) is 54.2 Å². The maximum Gasteiger partial charge on any atom is 0.417 e. The summed E-state index contributed by atoms with van der Waals surface area (Å²) in [5.41, 5.74) is -0.185. The summed E-state index contributed by atoms with van der Waals surface area (Å²) in [4.78, 5) is 81.6. The molecule has 3 aliphatic rings. The summed E-state index contributed by atoms with van der Waals surface area (Å²) in [5.74, 6) is -4.20. The van der Waals surface area contributed by atoms with Gasteiger partial charge in [0.15, 0.2) is 17.3 Å². The number of aryl methyl sites for hydroxylation is 2. The molecule has 1 saturated carbocycles. The quantitative estimate of drug-likeness (QED) is 0.113. The number of anilines is 1. The minimum absolute atomic E-state index is 0.0622. The number of aromatic hydroxyl groups is 1. The second kappa shape index (κ2) is 16.6. The van der Waals surface area contributed by atoms with Crippen LogP contribution in [-0.4, -0.2) is 64.6 Å². The number of methoxy groups -OCH3 is 2. The fourth-order valence-electron chi connectivity index (χ4n) is 9.88. The molecule has 2 amide bonds. The fourth-order valence-corrected chi connectivity index (χ4v) is 10.2. The molecule has 2 fully saturated rings. The Morgan fingerprint density at radius 2 is 1.72 bits per heavy atom. The molecule has 346 valence electrons. The number of imide groups is 1. The number of hydrogen-bond acceptors (Lipinski definition) is 11. The van der Waals surface area contributed by atoms with Crippen molar-refractivity contribution in [2.24, 2.45) is 13.0 Å². The van der Waals surface area contributed by atoms with Crippen LogP contribution >= 0.6 is 23.2 Å². The molecule has 0 bridgehead atoms. The molecule has 4 unspecified atom stereocenters. The Hall–Kier alpha value is -7.12. The van der Waals surface area contributed by atoms with Crippen LogP contribution < -0.4 is 31.8 Å². The predicted molar refractivity (Wildman–Crippen MR) is 240 cm³/mol. The van der Waals surface area contributed by atoms with Crippen LogP contribution in [0.1, 0.15) is 46.3 Å². The van der Waals surface area contributed by atoms with E-state index >= 15 is 9.59 Å². The van der Waals surface area contributed by atoms with Crippen molar-refractivity contribution in [2.75, 3.05) is 19.6 Å². The summed E-state index contributed by atoms with van der Waals surface area (Å²) >= 11 is 12.7. The molecule has 9 rings (SSSR count). The van der Waals surface area contributed by atoms with Crippen LogP contribution in [0, 0.1) is 5.92 Å². The first-order valence-corrected chi connectivity index (χ1v) is 21.5. The molecule has 0 radical (unpaired) electrons. The summed E-state index contributed by atoms with van der Waals surface area (Å²) in [6.07, 6.45) is -1.20. The fraction of sp³-hybridized carbons (Fsp3) is 0.283. The predicted octanol–water partition coefficient (Wildman–Crippen LogP) is 6.09. The molecule has 21 heteroatoms. The van der Waals surface area contributed by atoms with Gasteiger partial charge in [-0.25, -0.2) is 33.5 Å². The lowest BCUT2D eigenvalue weighted by molar-refractivity contribution is -0.139. The van der Waals surface area contributed by atoms with Crippen molar-refractivity contribution in [3.05, 3.63) is 160 Å². The number of nitrogens with zero attached hydrogens (tertiary/aromatic N) is 7. The van der Waals surface area contributed by atoms with E-state index in [4.69, 9.17) is 32.7 Å². The second-order valence-electron chi connectivity index (χ2n) is 16.3. The summed E-state index contributed by atoms with van der Waals surface area (Å²) in [6.45, 7) is 3.36. The summed E-state index contributed by atoms with van der Waals surface area (Å²) in [5, 5.41) is 12.5. The van der Waals surface area contributed by atoms with E-state index < -0.39 is 74.6 Å². The molecule has 0 spiro atoms. The Labute approximate surface area is 387 Å². The van der Waals surface area contributed by atoms with E-state index in [-0.39, 0.29) is 49.4 Å². The van der Waals surface area contributed by atoms with Crippen molar-refractivity contribution >= 4 is 51.9 Å². The number of carbonyl (C=O) groups excluding carboxylic acids is 2. The number of para-hydroxylation sites is 1. The van der Waals surface area contributed by atoms with Crippen LogP contribution in [0.25, 0.3) is 11.0 Å². The molecule has 3 aromatic carbocycles. The number of benzene rings is 3. The summed E-state index contributed by atoms with van der Waals surface area (Å²) in [7, 11) is 4.48. The topological polar surface area (TPSA) is 185 Å². The number of amides is 2. The molecule has 2 N–H and O–H groups in total. The van der Waals surface area contributed by atoms with Gasteiger partial charge in [0.1, 0.15) is 11.4 Å². The minimum Gasteiger partial charge on any atom is -0.507 e. The number of halogens is 5. The molecule has 3 aromatic heterocycles. The van der Waals surface area contributed by atoms with Gasteiger partial charge in [0, 0.05) is 54.8 Å². The zero-order chi connectivity index (χ0) is 47.9. The first-order chi connectivity index (χ1) is 32.0. The Balaban J connectivity index is 1.19. The Morgan fingerprint density at radius 1 is 1.00 bits per heavy atom. The van der Waals surface area contributed by atoms with Gasteiger partial charge in [-0.1, -0.05) is 65.7 Å². The monoisotopic (exact) mass is 958 g/mol. The van der Waals surface area contributed by atoms with Gasteiger partial charge in [0.25, 0.3) is 17.4 Å². The third-order valence-electron chi connectivity index (χ3n) is 12.9. The lowest BCUT2D eigenvalue weighted by atomic mass is 9.53. The zero-order valence-electron chi connectivity index (χ0n) is 35.8. The molecule has 2 aliphatic heterocycles. The number of carbonyl (C=O) groups is 2. The van der Waals surface area contributed by atoms with Crippen LogP contribution in [0.2, 0.25) is 10.0 Å². The molecule has 1 aliphatic carbocycles. The number of hydrazine groups is 1. The van der Waals surface area contributed by atoms with E-state index in [1.54, 1.807) is 61.7 Å². The molecule has 5 heterocycles. The maximum absolute atomic E-state index is 15.5. The lowest BCUT2D eigenvalue weighted by Gasteiger charge is -2.49. The van der Waals surface area contributed by atoms with Crippen molar-refractivity contribution in [2.45, 2.75) is 55.9 Å². The van der Waals surface area contributed by atoms with Crippen molar-refractivity contribution in [1.82, 2.24) is 33.5 Å². The normalized spacial score (nSPS) is 20.0. The van der Waals surface area contributed by atoms with Gasteiger partial charge in [-0.2, -0.15) is 18.2 Å². The van der Waals surface area contributed by atoms with Gasteiger partial charge in [0.2, 0.25) is 0 Å². The summed E-state index contributed by atoms with van der Waals surface area (Å²) < 4.78 is 56.5. The number of allylic oxidation sites excluding steroid dienone is 3. The van der Waals surface area contributed by atoms with Crippen molar-refractivity contribution < 1.29 is 37.3 Å². The van der Waals surface area contributed by atoms with Crippen LogP contribution in [0.3, 0.4) is 0 Å². The highest BCUT2D eigenvalue weighted by atomic mass is 35.5. The molecular weight excluding hydrogens is 920 g/mol. The molecule has 1 saturated heterocycles. The number of nitrogens with one attached hydrogen (secondary N) is 1. The van der Waals surface area contributed by atoms with Crippen molar-refractivity contribution in [3.63, 3.8) is 0 Å². The van der Waals surface area contributed by atoms with Gasteiger partial charge >= 0.3 is 17.6 Å². The second-order valence-corrected chi connectivity index (χ2v) is 17.2. The minimum atomic E-state index is -4.80. The molecule has 4 atom stereocenters. The molecular formula is C46H39Cl2F3N8O8. The van der Waals surface area contributed by atoms with Gasteiger partial charge in [-0.3, -0.25) is 19.8 Å². The van der Waals surface area contributed by atoms with Crippen LogP contribution in [0.15, 0.2) is 106 Å². The van der Waals surface area contributed by atoms with Gasteiger partial charge < -0.3 is 19.1 Å². The summed E-state index contributed by atoms with van der Waals surface area (Å²) in [6, 6.07) is 13.9. The highest BCUT2D eigenvalue weighted by molar-refractivity contribution is 6.33. The number of fused-ring (bicyclic) bond motifs is 5. The number of rotatable bonds is 11. The number of aromatic nitrogens is 6.